The molecule has 2 aliphatic rings. The fourth-order valence-electron chi connectivity index (χ4n) is 5.10. The first-order valence-corrected chi connectivity index (χ1v) is 13.0. The standard InChI is InChI=1S/C28H31F3N4O4/c1-2-8-18(24(32)36)19(13-14-28(29,30)31)26(37)34-25-27(38)35-15-7-16-39-21-12-6-11-20(23(21)35)22(33-25)17-9-4-3-5-10-17/h3-6,9-12,18-19,25H,2,7-8,13-16H2,1H3,(H2,32,36)(H,34,37)/t18-,19+,25+/m0/s1. The number of halogens is 3. The van der Waals surface area contributed by atoms with Gasteiger partial charge in [0.25, 0.3) is 5.91 Å². The van der Waals surface area contributed by atoms with Gasteiger partial charge in [-0.1, -0.05) is 55.8 Å². The summed E-state index contributed by atoms with van der Waals surface area (Å²) in [4.78, 5) is 45.7. The smallest absolute Gasteiger partial charge is 0.389 e. The maximum atomic E-state index is 13.8. The van der Waals surface area contributed by atoms with Crippen molar-refractivity contribution in [1.29, 1.82) is 0 Å². The van der Waals surface area contributed by atoms with Crippen LogP contribution in [-0.2, 0) is 14.4 Å². The first-order chi connectivity index (χ1) is 18.6. The molecule has 2 aromatic carbocycles. The Bertz CT molecular complexity index is 1250. The first kappa shape index (κ1) is 28.1. The number of primary amides is 1. The molecular weight excluding hydrogens is 513 g/mol. The largest absolute Gasteiger partial charge is 0.491 e. The number of nitrogens with two attached hydrogens (primary N) is 1. The monoisotopic (exact) mass is 544 g/mol. The molecule has 2 aromatic rings. The van der Waals surface area contributed by atoms with Crippen LogP contribution in [-0.4, -0.2) is 48.9 Å². The van der Waals surface area contributed by atoms with Crippen molar-refractivity contribution in [3.63, 3.8) is 0 Å². The van der Waals surface area contributed by atoms with E-state index in [4.69, 9.17) is 10.5 Å². The molecule has 11 heteroatoms. The van der Waals surface area contributed by atoms with Gasteiger partial charge in [0.05, 0.1) is 18.0 Å². The van der Waals surface area contributed by atoms with E-state index in [0.717, 1.165) is 0 Å². The number of para-hydroxylation sites is 1. The predicted molar refractivity (Wildman–Crippen MR) is 139 cm³/mol. The van der Waals surface area contributed by atoms with Crippen LogP contribution in [0, 0.1) is 11.8 Å². The third-order valence-electron chi connectivity index (χ3n) is 6.92. The average molecular weight is 545 g/mol. The number of benzene rings is 2. The molecule has 2 heterocycles. The molecule has 0 saturated heterocycles. The zero-order valence-corrected chi connectivity index (χ0v) is 21.5. The van der Waals surface area contributed by atoms with E-state index in [1.807, 2.05) is 30.3 Å². The van der Waals surface area contributed by atoms with Gasteiger partial charge in [-0.3, -0.25) is 14.4 Å². The van der Waals surface area contributed by atoms with Crippen LogP contribution < -0.4 is 20.7 Å². The molecular formula is C28H31F3N4O4. The number of carbonyl (C=O) groups is 3. The predicted octanol–water partition coefficient (Wildman–Crippen LogP) is 3.96. The van der Waals surface area contributed by atoms with Crippen LogP contribution in [0.2, 0.25) is 0 Å². The number of amides is 3. The van der Waals surface area contributed by atoms with E-state index in [1.165, 1.54) is 4.90 Å². The molecule has 3 amide bonds. The van der Waals surface area contributed by atoms with Gasteiger partial charge in [0.1, 0.15) is 5.75 Å². The molecule has 39 heavy (non-hydrogen) atoms. The highest BCUT2D eigenvalue weighted by Gasteiger charge is 2.40. The highest BCUT2D eigenvalue weighted by Crippen LogP contribution is 2.38. The summed E-state index contributed by atoms with van der Waals surface area (Å²) in [5, 5.41) is 2.57. The van der Waals surface area contributed by atoms with Gasteiger partial charge >= 0.3 is 6.18 Å². The van der Waals surface area contributed by atoms with Crippen LogP contribution in [0.3, 0.4) is 0 Å². The van der Waals surface area contributed by atoms with E-state index in [0.29, 0.717) is 54.3 Å². The van der Waals surface area contributed by atoms with E-state index in [9.17, 15) is 27.6 Å². The molecule has 3 atom stereocenters. The van der Waals surface area contributed by atoms with Gasteiger partial charge in [-0.25, -0.2) is 4.99 Å². The van der Waals surface area contributed by atoms with Crippen molar-refractivity contribution in [2.24, 2.45) is 22.6 Å². The van der Waals surface area contributed by atoms with Gasteiger partial charge in [-0.15, -0.1) is 0 Å². The van der Waals surface area contributed by atoms with Gasteiger partial charge in [0.15, 0.2) is 0 Å². The van der Waals surface area contributed by atoms with Gasteiger partial charge in [-0.2, -0.15) is 13.2 Å². The summed E-state index contributed by atoms with van der Waals surface area (Å²) in [6, 6.07) is 14.4. The quantitative estimate of drug-likeness (QED) is 0.498. The summed E-state index contributed by atoms with van der Waals surface area (Å²) in [5.74, 6) is -4.28. The topological polar surface area (TPSA) is 114 Å². The number of nitrogens with zero attached hydrogens (tertiary/aromatic N) is 2. The van der Waals surface area contributed by atoms with E-state index >= 15 is 0 Å². The SMILES string of the molecule is CCC[C@H](C(N)=O)[C@@H](CCC(F)(F)F)C(=O)N[C@H]1N=C(c2ccccc2)c2cccc3c2N(CCCO3)C1=O. The Kier molecular flexibility index (Phi) is 8.57. The minimum absolute atomic E-state index is 0.140. The lowest BCUT2D eigenvalue weighted by Gasteiger charge is -2.27. The summed E-state index contributed by atoms with van der Waals surface area (Å²) in [6.07, 6.45) is -6.78. The molecule has 0 saturated carbocycles. The Labute approximate surface area is 224 Å². The van der Waals surface area contributed by atoms with E-state index in [2.05, 4.69) is 10.3 Å². The van der Waals surface area contributed by atoms with Crippen molar-refractivity contribution in [3.8, 4) is 5.75 Å². The average Bonchev–Trinajstić information content (AvgIpc) is 3.18. The van der Waals surface area contributed by atoms with Gasteiger partial charge < -0.3 is 20.7 Å². The van der Waals surface area contributed by atoms with Crippen molar-refractivity contribution in [3.05, 3.63) is 59.7 Å². The highest BCUT2D eigenvalue weighted by atomic mass is 19.4. The number of ether oxygens (including phenoxy) is 1. The number of rotatable bonds is 9. The van der Waals surface area contributed by atoms with Crippen LogP contribution >= 0.6 is 0 Å². The van der Waals surface area contributed by atoms with Gasteiger partial charge in [-0.05, 0) is 25.3 Å². The third-order valence-corrected chi connectivity index (χ3v) is 6.92. The van der Waals surface area contributed by atoms with Crippen molar-refractivity contribution >= 4 is 29.1 Å². The molecule has 0 fully saturated rings. The van der Waals surface area contributed by atoms with Crippen molar-refractivity contribution in [2.45, 2.75) is 51.4 Å². The molecule has 3 N–H and O–H groups in total. The normalized spacial score (nSPS) is 18.6. The second-order valence-corrected chi connectivity index (χ2v) is 9.66. The van der Waals surface area contributed by atoms with E-state index in [1.54, 1.807) is 25.1 Å². The number of carbonyl (C=O) groups excluding carboxylic acids is 3. The fraction of sp³-hybridized carbons (Fsp3) is 0.429. The molecule has 0 aliphatic carbocycles. The number of aliphatic imine (C=N–C) groups is 1. The van der Waals surface area contributed by atoms with Crippen LogP contribution in [0.15, 0.2) is 53.5 Å². The molecule has 0 bridgehead atoms. The molecule has 4 rings (SSSR count). The Morgan fingerprint density at radius 3 is 2.54 bits per heavy atom. The number of hydrogen-bond donors (Lipinski definition) is 2. The minimum atomic E-state index is -4.53. The second-order valence-electron chi connectivity index (χ2n) is 9.66. The lowest BCUT2D eigenvalue weighted by Crippen LogP contribution is -2.51. The van der Waals surface area contributed by atoms with Gasteiger partial charge in [0.2, 0.25) is 18.0 Å². The Hall–Kier alpha value is -3.89. The van der Waals surface area contributed by atoms with Crippen LogP contribution in [0.1, 0.15) is 50.2 Å². The van der Waals surface area contributed by atoms with Crippen molar-refractivity contribution in [1.82, 2.24) is 5.32 Å². The van der Waals surface area contributed by atoms with Crippen molar-refractivity contribution < 1.29 is 32.3 Å². The number of hydrogen-bond acceptors (Lipinski definition) is 5. The van der Waals surface area contributed by atoms with Crippen LogP contribution in [0.5, 0.6) is 5.75 Å². The molecule has 8 nitrogen and oxygen atoms in total. The summed E-state index contributed by atoms with van der Waals surface area (Å²) in [7, 11) is 0. The zero-order valence-electron chi connectivity index (χ0n) is 21.5. The molecule has 0 spiro atoms. The maximum absolute atomic E-state index is 13.8. The number of alkyl halides is 3. The van der Waals surface area contributed by atoms with Crippen molar-refractivity contribution in [2.75, 3.05) is 18.1 Å². The first-order valence-electron chi connectivity index (χ1n) is 13.0. The highest BCUT2D eigenvalue weighted by molar-refractivity contribution is 6.21. The fourth-order valence-corrected chi connectivity index (χ4v) is 5.10. The van der Waals surface area contributed by atoms with Crippen LogP contribution in [0.4, 0.5) is 18.9 Å². The summed E-state index contributed by atoms with van der Waals surface area (Å²) in [5.41, 5.74) is 7.76. The van der Waals surface area contributed by atoms with E-state index in [-0.39, 0.29) is 6.42 Å². The lowest BCUT2D eigenvalue weighted by molar-refractivity contribution is -0.146. The minimum Gasteiger partial charge on any atom is -0.491 e. The van der Waals surface area contributed by atoms with Gasteiger partial charge in [0, 0.05) is 35.9 Å². The summed E-state index contributed by atoms with van der Waals surface area (Å²) >= 11 is 0. The molecule has 2 aliphatic heterocycles. The maximum Gasteiger partial charge on any atom is 0.389 e. The summed E-state index contributed by atoms with van der Waals surface area (Å²) < 4.78 is 45.3. The Morgan fingerprint density at radius 1 is 1.13 bits per heavy atom. The Morgan fingerprint density at radius 2 is 1.87 bits per heavy atom. The van der Waals surface area contributed by atoms with E-state index < -0.39 is 54.7 Å². The Balaban J connectivity index is 1.76. The zero-order chi connectivity index (χ0) is 28.2. The molecule has 0 radical (unpaired) electrons. The van der Waals surface area contributed by atoms with Crippen LogP contribution in [0.25, 0.3) is 0 Å². The molecule has 0 unspecified atom stereocenters. The molecule has 208 valence electrons. The number of nitrogens with one attached hydrogen (secondary N) is 1. The summed E-state index contributed by atoms with van der Waals surface area (Å²) in [6.45, 7) is 2.42. The second kappa shape index (κ2) is 11.9. The molecule has 0 aromatic heterocycles. The number of anilines is 1. The lowest BCUT2D eigenvalue weighted by atomic mass is 9.83. The third kappa shape index (κ3) is 6.40.